The highest BCUT2D eigenvalue weighted by Gasteiger charge is 2.14. The molecule has 0 bridgehead atoms. The van der Waals surface area contributed by atoms with Gasteiger partial charge in [-0.05, 0) is 49.5 Å². The summed E-state index contributed by atoms with van der Waals surface area (Å²) >= 11 is 0. The molecule has 0 radical (unpaired) electrons. The third-order valence-corrected chi connectivity index (χ3v) is 2.97. The zero-order valence-corrected chi connectivity index (χ0v) is 9.07. The first-order valence-electron chi connectivity index (χ1n) is 5.56. The van der Waals surface area contributed by atoms with Crippen LogP contribution < -0.4 is 10.6 Å². The van der Waals surface area contributed by atoms with E-state index in [1.165, 1.54) is 5.56 Å². The van der Waals surface area contributed by atoms with Crippen molar-refractivity contribution in [3.8, 4) is 0 Å². The molecule has 16 heavy (non-hydrogen) atoms. The molecule has 0 unspecified atom stereocenters. The average molecular weight is 220 g/mol. The van der Waals surface area contributed by atoms with Crippen LogP contribution in [0.5, 0.6) is 0 Å². The largest absolute Gasteiger partial charge is 0.465 e. The molecule has 1 aliphatic heterocycles. The van der Waals surface area contributed by atoms with Crippen molar-refractivity contribution in [2.45, 2.75) is 18.8 Å². The van der Waals surface area contributed by atoms with Gasteiger partial charge >= 0.3 is 6.09 Å². The minimum absolute atomic E-state index is 0.611. The number of carbonyl (C=O) groups is 1. The fourth-order valence-corrected chi connectivity index (χ4v) is 2.12. The van der Waals surface area contributed by atoms with Gasteiger partial charge in [-0.25, -0.2) is 4.79 Å². The molecule has 4 nitrogen and oxygen atoms in total. The van der Waals surface area contributed by atoms with Crippen LogP contribution in [0, 0.1) is 0 Å². The van der Waals surface area contributed by atoms with Crippen molar-refractivity contribution in [3.05, 3.63) is 29.8 Å². The number of anilines is 1. The Morgan fingerprint density at radius 3 is 2.44 bits per heavy atom. The number of rotatable bonds is 2. The van der Waals surface area contributed by atoms with Gasteiger partial charge in [0.2, 0.25) is 0 Å². The number of piperidine rings is 1. The summed E-state index contributed by atoms with van der Waals surface area (Å²) < 4.78 is 0. The first-order chi connectivity index (χ1) is 7.75. The van der Waals surface area contributed by atoms with Crippen molar-refractivity contribution in [3.63, 3.8) is 0 Å². The Balaban J connectivity index is 2.03. The monoisotopic (exact) mass is 220 g/mol. The molecule has 1 fully saturated rings. The first-order valence-corrected chi connectivity index (χ1v) is 5.56. The molecule has 0 saturated carbocycles. The maximum atomic E-state index is 10.4. The molecule has 86 valence electrons. The lowest BCUT2D eigenvalue weighted by Crippen LogP contribution is -2.26. The van der Waals surface area contributed by atoms with Gasteiger partial charge in [0.25, 0.3) is 0 Å². The molecule has 1 saturated heterocycles. The summed E-state index contributed by atoms with van der Waals surface area (Å²) in [6, 6.07) is 7.68. The highest BCUT2D eigenvalue weighted by atomic mass is 16.4. The molecule has 0 aliphatic carbocycles. The third kappa shape index (κ3) is 2.73. The van der Waals surface area contributed by atoms with Crippen LogP contribution in [0.15, 0.2) is 24.3 Å². The Kier molecular flexibility index (Phi) is 3.41. The Morgan fingerprint density at radius 2 is 1.88 bits per heavy atom. The van der Waals surface area contributed by atoms with E-state index in [9.17, 15) is 4.79 Å². The Labute approximate surface area is 94.7 Å². The fraction of sp³-hybridized carbons (Fsp3) is 0.417. The predicted molar refractivity (Wildman–Crippen MR) is 62.9 cm³/mol. The van der Waals surface area contributed by atoms with Gasteiger partial charge in [0.05, 0.1) is 0 Å². The van der Waals surface area contributed by atoms with Gasteiger partial charge in [0.1, 0.15) is 0 Å². The number of hydrogen-bond acceptors (Lipinski definition) is 2. The Hall–Kier alpha value is -1.55. The molecule has 0 atom stereocenters. The summed E-state index contributed by atoms with van der Waals surface area (Å²) in [7, 11) is 0. The average Bonchev–Trinajstić information content (AvgIpc) is 2.30. The second-order valence-electron chi connectivity index (χ2n) is 4.08. The van der Waals surface area contributed by atoms with E-state index in [1.807, 2.05) is 24.3 Å². The van der Waals surface area contributed by atoms with E-state index in [-0.39, 0.29) is 0 Å². The van der Waals surface area contributed by atoms with E-state index in [1.54, 1.807) is 0 Å². The van der Waals surface area contributed by atoms with Crippen molar-refractivity contribution < 1.29 is 9.90 Å². The normalized spacial score (nSPS) is 17.0. The third-order valence-electron chi connectivity index (χ3n) is 2.97. The molecule has 1 aromatic rings. The van der Waals surface area contributed by atoms with E-state index in [0.717, 1.165) is 25.9 Å². The quantitative estimate of drug-likeness (QED) is 0.716. The molecule has 0 aromatic heterocycles. The van der Waals surface area contributed by atoms with Gasteiger partial charge in [0, 0.05) is 5.69 Å². The molecule has 4 heteroatoms. The maximum Gasteiger partial charge on any atom is 0.409 e. The summed E-state index contributed by atoms with van der Waals surface area (Å²) in [5, 5.41) is 14.2. The fourth-order valence-electron chi connectivity index (χ4n) is 2.12. The highest BCUT2D eigenvalue weighted by Crippen LogP contribution is 2.25. The van der Waals surface area contributed by atoms with Crippen LogP contribution >= 0.6 is 0 Å². The molecular weight excluding hydrogens is 204 g/mol. The van der Waals surface area contributed by atoms with Gasteiger partial charge in [-0.15, -0.1) is 0 Å². The molecule has 1 aromatic carbocycles. The number of hydrogen-bond donors (Lipinski definition) is 3. The number of nitrogens with one attached hydrogen (secondary N) is 2. The van der Waals surface area contributed by atoms with E-state index in [4.69, 9.17) is 5.11 Å². The minimum atomic E-state index is -1.02. The van der Waals surface area contributed by atoms with Crippen molar-refractivity contribution in [2.24, 2.45) is 0 Å². The van der Waals surface area contributed by atoms with Crippen molar-refractivity contribution in [1.82, 2.24) is 5.32 Å². The zero-order valence-electron chi connectivity index (χ0n) is 9.07. The van der Waals surface area contributed by atoms with Gasteiger partial charge in [0.15, 0.2) is 0 Å². The minimum Gasteiger partial charge on any atom is -0.465 e. The highest BCUT2D eigenvalue weighted by molar-refractivity contribution is 5.82. The number of benzene rings is 1. The van der Waals surface area contributed by atoms with Gasteiger partial charge in [-0.3, -0.25) is 5.32 Å². The molecule has 3 N–H and O–H groups in total. The van der Waals surface area contributed by atoms with Crippen LogP contribution in [-0.2, 0) is 0 Å². The van der Waals surface area contributed by atoms with E-state index < -0.39 is 6.09 Å². The smallest absolute Gasteiger partial charge is 0.409 e. The summed E-state index contributed by atoms with van der Waals surface area (Å²) in [6.07, 6.45) is 1.30. The van der Waals surface area contributed by atoms with Crippen molar-refractivity contribution >= 4 is 11.8 Å². The van der Waals surface area contributed by atoms with Gasteiger partial charge < -0.3 is 10.4 Å². The summed E-state index contributed by atoms with van der Waals surface area (Å²) in [5.41, 5.74) is 1.93. The van der Waals surface area contributed by atoms with Crippen LogP contribution in [0.1, 0.15) is 24.3 Å². The van der Waals surface area contributed by atoms with Crippen LogP contribution in [0.4, 0.5) is 10.5 Å². The number of amides is 1. The SMILES string of the molecule is O=C(O)Nc1ccc(C2CCNCC2)cc1. The van der Waals surface area contributed by atoms with E-state index >= 15 is 0 Å². The zero-order chi connectivity index (χ0) is 11.4. The van der Waals surface area contributed by atoms with E-state index in [0.29, 0.717) is 11.6 Å². The van der Waals surface area contributed by atoms with Crippen molar-refractivity contribution in [1.29, 1.82) is 0 Å². The second-order valence-corrected chi connectivity index (χ2v) is 4.08. The standard InChI is InChI=1S/C12H16N2O2/c15-12(16)14-11-3-1-9(2-4-11)10-5-7-13-8-6-10/h1-4,10,13-14H,5-8H2,(H,15,16). The van der Waals surface area contributed by atoms with Crippen LogP contribution in [0.25, 0.3) is 0 Å². The van der Waals surface area contributed by atoms with Crippen LogP contribution in [0.2, 0.25) is 0 Å². The molecule has 2 rings (SSSR count). The predicted octanol–water partition coefficient (Wildman–Crippen LogP) is 2.24. The Bertz CT molecular complexity index is 356. The summed E-state index contributed by atoms with van der Waals surface area (Å²) in [4.78, 5) is 10.4. The maximum absolute atomic E-state index is 10.4. The lowest BCUT2D eigenvalue weighted by molar-refractivity contribution is 0.210. The van der Waals surface area contributed by atoms with Crippen LogP contribution in [-0.4, -0.2) is 24.3 Å². The molecular formula is C12H16N2O2. The Morgan fingerprint density at radius 1 is 1.25 bits per heavy atom. The summed E-state index contributed by atoms with van der Waals surface area (Å²) in [6.45, 7) is 2.14. The lowest BCUT2D eigenvalue weighted by atomic mass is 9.90. The van der Waals surface area contributed by atoms with Gasteiger partial charge in [-0.1, -0.05) is 12.1 Å². The molecule has 1 aliphatic rings. The lowest BCUT2D eigenvalue weighted by Gasteiger charge is -2.23. The van der Waals surface area contributed by atoms with E-state index in [2.05, 4.69) is 10.6 Å². The number of carboxylic acid groups (broad SMARTS) is 1. The van der Waals surface area contributed by atoms with Gasteiger partial charge in [-0.2, -0.15) is 0 Å². The molecule has 1 heterocycles. The summed E-state index contributed by atoms with van der Waals surface area (Å²) in [5.74, 6) is 0.611. The second kappa shape index (κ2) is 4.99. The van der Waals surface area contributed by atoms with Crippen molar-refractivity contribution in [2.75, 3.05) is 18.4 Å². The molecule has 0 spiro atoms. The first kappa shape index (κ1) is 11.0. The van der Waals surface area contributed by atoms with Crippen LogP contribution in [0.3, 0.4) is 0 Å². The molecule has 1 amide bonds. The topological polar surface area (TPSA) is 61.4 Å².